The summed E-state index contributed by atoms with van der Waals surface area (Å²) in [6.07, 6.45) is 9.47. The highest BCUT2D eigenvalue weighted by Gasteiger charge is 2.61. The Labute approximate surface area is 318 Å². The molecule has 0 saturated heterocycles. The van der Waals surface area contributed by atoms with Gasteiger partial charge in [-0.05, 0) is 166 Å². The van der Waals surface area contributed by atoms with Crippen molar-refractivity contribution in [2.75, 3.05) is 4.90 Å². The van der Waals surface area contributed by atoms with Gasteiger partial charge in [0, 0.05) is 22.4 Å². The number of fused-ring (bicyclic) bond motifs is 4. The van der Waals surface area contributed by atoms with Crippen LogP contribution in [-0.4, -0.2) is 0 Å². The quantitative estimate of drug-likeness (QED) is 0.181. The zero-order valence-electron chi connectivity index (χ0n) is 33.1. The molecule has 0 heterocycles. The summed E-state index contributed by atoms with van der Waals surface area (Å²) in [5.41, 5.74) is 17.5. The minimum Gasteiger partial charge on any atom is -0.310 e. The van der Waals surface area contributed by atoms with Crippen LogP contribution in [0.4, 0.5) is 17.1 Å². The van der Waals surface area contributed by atoms with E-state index >= 15 is 0 Å². The monoisotopic (exact) mass is 695 g/mol. The number of nitrogens with zero attached hydrogens (tertiary/aromatic N) is 1. The second-order valence-electron chi connectivity index (χ2n) is 20.1. The van der Waals surface area contributed by atoms with Crippen LogP contribution in [0.5, 0.6) is 0 Å². The standard InChI is InChI=1S/C52H57N/c1-49(2,3)36-19-17-35(18-20-36)42-31-43-41-15-11-12-16-44(41)52(37-26-33-25-34(28-37)29-38(52)27-33)46(43)32-48(42)53(39-13-9-8-10-14-39)40-21-22-45-47(30-40)51(6,7)24-23-50(45,4)5/h8-22,30-34,37-38H,23-29H2,1-7H3. The first kappa shape index (κ1) is 33.5. The molecular formula is C52H57N. The first-order valence-corrected chi connectivity index (χ1v) is 20.7. The van der Waals surface area contributed by atoms with Gasteiger partial charge in [0.25, 0.3) is 0 Å². The Hall–Kier alpha value is -4.10. The van der Waals surface area contributed by atoms with Crippen LogP contribution in [0.1, 0.15) is 121 Å². The van der Waals surface area contributed by atoms with Crippen molar-refractivity contribution in [3.63, 3.8) is 0 Å². The number of hydrogen-bond donors (Lipinski definition) is 0. The van der Waals surface area contributed by atoms with Gasteiger partial charge >= 0.3 is 0 Å². The summed E-state index contributed by atoms with van der Waals surface area (Å²) in [7, 11) is 0. The Balaban J connectivity index is 1.26. The third kappa shape index (κ3) is 4.94. The average molecular weight is 696 g/mol. The molecule has 0 atom stereocenters. The molecule has 5 aromatic carbocycles. The average Bonchev–Trinajstić information content (AvgIpc) is 3.42. The van der Waals surface area contributed by atoms with Crippen molar-refractivity contribution in [1.29, 1.82) is 0 Å². The Morgan fingerprint density at radius 2 is 1.13 bits per heavy atom. The van der Waals surface area contributed by atoms with Crippen LogP contribution in [0.3, 0.4) is 0 Å². The molecule has 0 unspecified atom stereocenters. The van der Waals surface area contributed by atoms with Crippen LogP contribution in [0.25, 0.3) is 22.3 Å². The van der Waals surface area contributed by atoms with Gasteiger partial charge < -0.3 is 4.90 Å². The van der Waals surface area contributed by atoms with Gasteiger partial charge in [-0.3, -0.25) is 0 Å². The molecule has 4 bridgehead atoms. The van der Waals surface area contributed by atoms with Crippen molar-refractivity contribution >= 4 is 17.1 Å². The summed E-state index contributed by atoms with van der Waals surface area (Å²) < 4.78 is 0. The lowest BCUT2D eigenvalue weighted by molar-refractivity contribution is -0.0399. The maximum Gasteiger partial charge on any atom is 0.0543 e. The van der Waals surface area contributed by atoms with Gasteiger partial charge in [0.05, 0.1) is 5.69 Å². The van der Waals surface area contributed by atoms with Gasteiger partial charge in [0.15, 0.2) is 0 Å². The third-order valence-electron chi connectivity index (χ3n) is 15.1. The van der Waals surface area contributed by atoms with E-state index < -0.39 is 0 Å². The van der Waals surface area contributed by atoms with Crippen LogP contribution in [0, 0.1) is 23.7 Å². The fourth-order valence-corrected chi connectivity index (χ4v) is 12.5. The van der Waals surface area contributed by atoms with E-state index in [2.05, 4.69) is 163 Å². The molecule has 0 aliphatic heterocycles. The fraction of sp³-hybridized carbons (Fsp3) is 0.423. The number of hydrogen-bond acceptors (Lipinski definition) is 1. The predicted molar refractivity (Wildman–Crippen MR) is 224 cm³/mol. The Morgan fingerprint density at radius 3 is 1.79 bits per heavy atom. The summed E-state index contributed by atoms with van der Waals surface area (Å²) >= 11 is 0. The van der Waals surface area contributed by atoms with Gasteiger partial charge in [-0.25, -0.2) is 0 Å². The molecule has 0 amide bonds. The zero-order chi connectivity index (χ0) is 36.5. The van der Waals surface area contributed by atoms with Crippen LogP contribution in [-0.2, 0) is 21.7 Å². The lowest BCUT2D eigenvalue weighted by atomic mass is 9.43. The second kappa shape index (κ2) is 11.5. The van der Waals surface area contributed by atoms with Crippen molar-refractivity contribution in [3.8, 4) is 22.3 Å². The van der Waals surface area contributed by atoms with E-state index in [1.54, 1.807) is 11.1 Å². The summed E-state index contributed by atoms with van der Waals surface area (Å²) in [6, 6.07) is 43.2. The maximum atomic E-state index is 2.71. The van der Waals surface area contributed by atoms with E-state index in [0.29, 0.717) is 0 Å². The normalized spacial score (nSPS) is 27.0. The molecule has 270 valence electrons. The van der Waals surface area contributed by atoms with Gasteiger partial charge in [-0.15, -0.1) is 0 Å². The zero-order valence-corrected chi connectivity index (χ0v) is 33.1. The summed E-state index contributed by atoms with van der Waals surface area (Å²) in [6.45, 7) is 16.8. The number of benzene rings is 5. The second-order valence-corrected chi connectivity index (χ2v) is 20.1. The van der Waals surface area contributed by atoms with Crippen LogP contribution in [0.15, 0.2) is 109 Å². The summed E-state index contributed by atoms with van der Waals surface area (Å²) in [5, 5.41) is 0. The molecule has 1 spiro atoms. The van der Waals surface area contributed by atoms with Crippen molar-refractivity contribution in [1.82, 2.24) is 0 Å². The first-order valence-electron chi connectivity index (χ1n) is 20.7. The molecule has 6 aliphatic rings. The Bertz CT molecular complexity index is 2200. The van der Waals surface area contributed by atoms with Crippen LogP contribution < -0.4 is 4.90 Å². The summed E-state index contributed by atoms with van der Waals surface area (Å²) in [5.74, 6) is 3.29. The van der Waals surface area contributed by atoms with Gasteiger partial charge in [0.1, 0.15) is 0 Å². The molecule has 0 radical (unpaired) electrons. The molecule has 4 saturated carbocycles. The van der Waals surface area contributed by atoms with E-state index in [9.17, 15) is 0 Å². The van der Waals surface area contributed by atoms with Crippen molar-refractivity contribution in [2.45, 2.75) is 115 Å². The molecule has 53 heavy (non-hydrogen) atoms. The number of anilines is 3. The highest BCUT2D eigenvalue weighted by molar-refractivity contribution is 5.95. The smallest absolute Gasteiger partial charge is 0.0543 e. The van der Waals surface area contributed by atoms with Crippen LogP contribution in [0.2, 0.25) is 0 Å². The predicted octanol–water partition coefficient (Wildman–Crippen LogP) is 14.2. The van der Waals surface area contributed by atoms with Gasteiger partial charge in [-0.1, -0.05) is 121 Å². The number of para-hydroxylation sites is 1. The van der Waals surface area contributed by atoms with Crippen molar-refractivity contribution < 1.29 is 0 Å². The van der Waals surface area contributed by atoms with Crippen LogP contribution >= 0.6 is 0 Å². The number of rotatable bonds is 4. The van der Waals surface area contributed by atoms with Gasteiger partial charge in [-0.2, -0.15) is 0 Å². The maximum absolute atomic E-state index is 2.71. The Morgan fingerprint density at radius 1 is 0.509 bits per heavy atom. The highest BCUT2D eigenvalue weighted by atomic mass is 15.1. The molecule has 5 aromatic rings. The fourth-order valence-electron chi connectivity index (χ4n) is 12.5. The lowest BCUT2D eigenvalue weighted by Gasteiger charge is -2.61. The van der Waals surface area contributed by atoms with E-state index in [-0.39, 0.29) is 21.7 Å². The van der Waals surface area contributed by atoms with E-state index in [1.165, 1.54) is 101 Å². The van der Waals surface area contributed by atoms with Gasteiger partial charge in [0.2, 0.25) is 0 Å². The largest absolute Gasteiger partial charge is 0.310 e. The Kier molecular flexibility index (Phi) is 7.23. The molecule has 11 rings (SSSR count). The van der Waals surface area contributed by atoms with Crippen molar-refractivity contribution in [2.24, 2.45) is 23.7 Å². The first-order chi connectivity index (χ1) is 25.3. The van der Waals surface area contributed by atoms with Crippen molar-refractivity contribution in [3.05, 3.63) is 137 Å². The minimum absolute atomic E-state index is 0.101. The minimum atomic E-state index is 0.101. The molecule has 4 fully saturated rings. The molecular weight excluding hydrogens is 639 g/mol. The summed E-state index contributed by atoms with van der Waals surface area (Å²) in [4.78, 5) is 2.62. The topological polar surface area (TPSA) is 3.24 Å². The molecule has 6 aliphatic carbocycles. The van der Waals surface area contributed by atoms with E-state index in [0.717, 1.165) is 23.7 Å². The molecule has 0 aromatic heterocycles. The lowest BCUT2D eigenvalue weighted by Crippen LogP contribution is -2.55. The molecule has 1 nitrogen and oxygen atoms in total. The molecule has 0 N–H and O–H groups in total. The van der Waals surface area contributed by atoms with E-state index in [1.807, 2.05) is 0 Å². The SMILES string of the molecule is CC(C)(C)c1ccc(-c2cc3c(cc2N(c2ccccc2)c2ccc4c(c2)C(C)(C)CCC4(C)C)C2(c4ccccc4-3)C3CC4CC(C3)CC2C4)cc1. The molecule has 1 heteroatoms. The highest BCUT2D eigenvalue weighted by Crippen LogP contribution is 2.70. The third-order valence-corrected chi connectivity index (χ3v) is 15.1. The van der Waals surface area contributed by atoms with E-state index in [4.69, 9.17) is 0 Å².